The molecule has 2 N–H and O–H groups in total. The number of nitrogens with one attached hydrogen (secondary N) is 2. The summed E-state index contributed by atoms with van der Waals surface area (Å²) in [7, 11) is 0. The van der Waals surface area contributed by atoms with Crippen molar-refractivity contribution in [2.75, 3.05) is 13.1 Å². The maximum Gasteiger partial charge on any atom is 0.223 e. The lowest BCUT2D eigenvalue weighted by Gasteiger charge is -2.30. The molecule has 98 valence electrons. The van der Waals surface area contributed by atoms with Crippen LogP contribution >= 0.6 is 0 Å². The fourth-order valence-corrected chi connectivity index (χ4v) is 2.16. The molecule has 1 fully saturated rings. The van der Waals surface area contributed by atoms with Crippen molar-refractivity contribution in [2.45, 2.75) is 26.3 Å². The molecular weight excluding hydrogens is 232 g/mol. The smallest absolute Gasteiger partial charge is 0.223 e. The molecule has 2 rings (SSSR count). The Hall–Kier alpha value is -1.85. The summed E-state index contributed by atoms with van der Waals surface area (Å²) in [5, 5.41) is 2.89. The second kappa shape index (κ2) is 5.66. The van der Waals surface area contributed by atoms with E-state index in [2.05, 4.69) is 15.3 Å². The number of hydrogen-bond acceptors (Lipinski definition) is 3. The molecule has 0 radical (unpaired) electrons. The lowest BCUT2D eigenvalue weighted by Crippen LogP contribution is -2.42. The summed E-state index contributed by atoms with van der Waals surface area (Å²) in [4.78, 5) is 31.7. The van der Waals surface area contributed by atoms with Crippen molar-refractivity contribution in [1.29, 1.82) is 0 Å². The molecule has 0 aliphatic carbocycles. The molecule has 0 spiro atoms. The number of carbonyl (C=O) groups is 2. The summed E-state index contributed by atoms with van der Waals surface area (Å²) in [5.74, 6) is 0.169. The maximum absolute atomic E-state index is 11.9. The largest absolute Gasteiger partial charge is 0.350 e. The number of rotatable bonds is 3. The topological polar surface area (TPSA) is 78.1 Å². The van der Waals surface area contributed by atoms with E-state index in [1.807, 2.05) is 0 Å². The third kappa shape index (κ3) is 3.09. The second-order valence-electron chi connectivity index (χ2n) is 4.57. The zero-order valence-corrected chi connectivity index (χ0v) is 10.5. The Kier molecular flexibility index (Phi) is 3.96. The van der Waals surface area contributed by atoms with Gasteiger partial charge in [0.15, 0.2) is 0 Å². The summed E-state index contributed by atoms with van der Waals surface area (Å²) >= 11 is 0. The van der Waals surface area contributed by atoms with Crippen LogP contribution in [0.4, 0.5) is 0 Å². The molecule has 2 amide bonds. The van der Waals surface area contributed by atoms with E-state index in [1.165, 1.54) is 0 Å². The highest BCUT2D eigenvalue weighted by atomic mass is 16.2. The van der Waals surface area contributed by atoms with Crippen molar-refractivity contribution in [3.8, 4) is 0 Å². The van der Waals surface area contributed by atoms with Crippen molar-refractivity contribution in [1.82, 2.24) is 20.2 Å². The average Bonchev–Trinajstić information content (AvgIpc) is 2.89. The number of imidazole rings is 1. The quantitative estimate of drug-likeness (QED) is 0.809. The molecule has 1 aromatic rings. The van der Waals surface area contributed by atoms with E-state index >= 15 is 0 Å². The van der Waals surface area contributed by atoms with Gasteiger partial charge in [0.05, 0.1) is 18.6 Å². The van der Waals surface area contributed by atoms with Gasteiger partial charge in [-0.15, -0.1) is 0 Å². The summed E-state index contributed by atoms with van der Waals surface area (Å²) in [5.41, 5.74) is 0.893. The van der Waals surface area contributed by atoms with Gasteiger partial charge in [0.25, 0.3) is 0 Å². The van der Waals surface area contributed by atoms with Crippen LogP contribution in [-0.4, -0.2) is 39.8 Å². The normalized spacial score (nSPS) is 16.6. The molecule has 6 nitrogen and oxygen atoms in total. The molecule has 18 heavy (non-hydrogen) atoms. The number of H-pyrrole nitrogens is 1. The minimum Gasteiger partial charge on any atom is -0.350 e. The molecule has 0 aromatic carbocycles. The Balaban J connectivity index is 1.75. The minimum atomic E-state index is 0.0171. The van der Waals surface area contributed by atoms with Gasteiger partial charge in [-0.1, -0.05) is 0 Å². The summed E-state index contributed by atoms with van der Waals surface area (Å²) in [6.07, 6.45) is 4.77. The first kappa shape index (κ1) is 12.6. The lowest BCUT2D eigenvalue weighted by atomic mass is 9.96. The van der Waals surface area contributed by atoms with Crippen LogP contribution in [0.25, 0.3) is 0 Å². The third-order valence-corrected chi connectivity index (χ3v) is 3.32. The number of nitrogens with zero attached hydrogens (tertiary/aromatic N) is 2. The lowest BCUT2D eigenvalue weighted by molar-refractivity contribution is -0.134. The van der Waals surface area contributed by atoms with Crippen molar-refractivity contribution >= 4 is 11.8 Å². The van der Waals surface area contributed by atoms with Gasteiger partial charge in [-0.2, -0.15) is 0 Å². The van der Waals surface area contributed by atoms with Crippen molar-refractivity contribution in [3.05, 3.63) is 18.2 Å². The van der Waals surface area contributed by atoms with E-state index in [9.17, 15) is 9.59 Å². The number of hydrogen-bond donors (Lipinski definition) is 2. The highest BCUT2D eigenvalue weighted by Gasteiger charge is 2.25. The third-order valence-electron chi connectivity index (χ3n) is 3.32. The summed E-state index contributed by atoms with van der Waals surface area (Å²) in [6, 6.07) is 0. The standard InChI is InChI=1S/C12H18N4O2/c1-9(17)16-4-2-10(3-5-16)12(18)14-7-11-6-13-8-15-11/h6,8,10H,2-5,7H2,1H3,(H,13,15)(H,14,18). The van der Waals surface area contributed by atoms with E-state index < -0.39 is 0 Å². The maximum atomic E-state index is 11.9. The molecule has 1 aromatic heterocycles. The number of piperidine rings is 1. The molecular formula is C12H18N4O2. The van der Waals surface area contributed by atoms with Crippen molar-refractivity contribution in [2.24, 2.45) is 5.92 Å². The Bertz CT molecular complexity index is 408. The first-order valence-corrected chi connectivity index (χ1v) is 6.17. The van der Waals surface area contributed by atoms with Gasteiger partial charge in [0, 0.05) is 32.1 Å². The van der Waals surface area contributed by atoms with Crippen molar-refractivity contribution < 1.29 is 9.59 Å². The van der Waals surface area contributed by atoms with Crippen LogP contribution in [-0.2, 0) is 16.1 Å². The summed E-state index contributed by atoms with van der Waals surface area (Å²) < 4.78 is 0. The van der Waals surface area contributed by atoms with Gasteiger partial charge in [-0.05, 0) is 12.8 Å². The highest BCUT2D eigenvalue weighted by Crippen LogP contribution is 2.17. The summed E-state index contributed by atoms with van der Waals surface area (Å²) in [6.45, 7) is 3.40. The zero-order chi connectivity index (χ0) is 13.0. The number of aromatic amines is 1. The van der Waals surface area contributed by atoms with Gasteiger partial charge in [-0.25, -0.2) is 4.98 Å². The van der Waals surface area contributed by atoms with Crippen LogP contribution in [0.2, 0.25) is 0 Å². The number of likely N-dealkylation sites (tertiary alicyclic amines) is 1. The van der Waals surface area contributed by atoms with Gasteiger partial charge >= 0.3 is 0 Å². The fourth-order valence-electron chi connectivity index (χ4n) is 2.16. The van der Waals surface area contributed by atoms with E-state index in [0.29, 0.717) is 19.6 Å². The van der Waals surface area contributed by atoms with Crippen LogP contribution in [0.3, 0.4) is 0 Å². The Labute approximate surface area is 106 Å². The van der Waals surface area contributed by atoms with Gasteiger partial charge < -0.3 is 15.2 Å². The molecule has 2 heterocycles. The SMILES string of the molecule is CC(=O)N1CCC(C(=O)NCc2cnc[nH]2)CC1. The van der Waals surface area contributed by atoms with Gasteiger partial charge in [0.2, 0.25) is 11.8 Å². The first-order chi connectivity index (χ1) is 8.66. The molecule has 0 bridgehead atoms. The van der Waals surface area contributed by atoms with Crippen LogP contribution in [0.1, 0.15) is 25.5 Å². The van der Waals surface area contributed by atoms with E-state index in [1.54, 1.807) is 24.3 Å². The Morgan fingerprint density at radius 1 is 1.50 bits per heavy atom. The number of aromatic nitrogens is 2. The fraction of sp³-hybridized carbons (Fsp3) is 0.583. The monoisotopic (exact) mass is 250 g/mol. The van der Waals surface area contributed by atoms with Crippen LogP contribution in [0.5, 0.6) is 0 Å². The minimum absolute atomic E-state index is 0.0171. The van der Waals surface area contributed by atoms with Gasteiger partial charge in [0.1, 0.15) is 0 Å². The molecule has 0 saturated carbocycles. The van der Waals surface area contributed by atoms with E-state index in [4.69, 9.17) is 0 Å². The number of carbonyl (C=O) groups excluding carboxylic acids is 2. The predicted molar refractivity (Wildman–Crippen MR) is 65.4 cm³/mol. The molecule has 6 heteroatoms. The van der Waals surface area contributed by atoms with Crippen LogP contribution in [0.15, 0.2) is 12.5 Å². The molecule has 1 aliphatic rings. The molecule has 0 atom stereocenters. The molecule has 1 saturated heterocycles. The van der Waals surface area contributed by atoms with Crippen LogP contribution in [0, 0.1) is 5.92 Å². The molecule has 1 aliphatic heterocycles. The van der Waals surface area contributed by atoms with Gasteiger partial charge in [-0.3, -0.25) is 9.59 Å². The Morgan fingerprint density at radius 3 is 2.78 bits per heavy atom. The van der Waals surface area contributed by atoms with E-state index in [-0.39, 0.29) is 17.7 Å². The highest BCUT2D eigenvalue weighted by molar-refractivity contribution is 5.79. The Morgan fingerprint density at radius 2 is 2.22 bits per heavy atom. The second-order valence-corrected chi connectivity index (χ2v) is 4.57. The molecule has 0 unspecified atom stereocenters. The van der Waals surface area contributed by atoms with Crippen molar-refractivity contribution in [3.63, 3.8) is 0 Å². The zero-order valence-electron chi connectivity index (χ0n) is 10.5. The van der Waals surface area contributed by atoms with E-state index in [0.717, 1.165) is 18.5 Å². The predicted octanol–water partition coefficient (Wildman–Crippen LogP) is 0.284. The van der Waals surface area contributed by atoms with Crippen LogP contribution < -0.4 is 5.32 Å². The average molecular weight is 250 g/mol. The first-order valence-electron chi connectivity index (χ1n) is 6.17. The number of amides is 2.